The van der Waals surface area contributed by atoms with Crippen molar-refractivity contribution in [1.82, 2.24) is 9.88 Å². The van der Waals surface area contributed by atoms with Crippen LogP contribution in [0.3, 0.4) is 0 Å². The normalized spacial score (nSPS) is 18.3. The van der Waals surface area contributed by atoms with Crippen molar-refractivity contribution in [3.63, 3.8) is 0 Å². The minimum atomic E-state index is -4.94. The van der Waals surface area contributed by atoms with E-state index in [0.717, 1.165) is 18.9 Å². The minimum absolute atomic E-state index is 0.0178. The maximum Gasteiger partial charge on any atom is 0.433 e. The quantitative estimate of drug-likeness (QED) is 0.734. The van der Waals surface area contributed by atoms with Gasteiger partial charge in [-0.3, -0.25) is 0 Å². The van der Waals surface area contributed by atoms with E-state index in [0.29, 0.717) is 37.7 Å². The number of aromatic nitrogens is 1. The van der Waals surface area contributed by atoms with Crippen LogP contribution in [0.25, 0.3) is 10.9 Å². The molecule has 1 aromatic heterocycles. The van der Waals surface area contributed by atoms with Crippen LogP contribution in [0.5, 0.6) is 0 Å². The van der Waals surface area contributed by atoms with Crippen molar-refractivity contribution in [3.8, 4) is 0 Å². The molecule has 1 saturated heterocycles. The molecule has 10 heteroatoms. The van der Waals surface area contributed by atoms with E-state index < -0.39 is 35.2 Å². The first kappa shape index (κ1) is 21.8. The smallest absolute Gasteiger partial charge is 0.387 e. The topological polar surface area (TPSA) is 62.4 Å². The number of fused-ring (bicyclic) bond motifs is 1. The van der Waals surface area contributed by atoms with Gasteiger partial charge in [0.25, 0.3) is 0 Å². The predicted molar refractivity (Wildman–Crippen MR) is 94.9 cm³/mol. The van der Waals surface area contributed by atoms with Crippen LogP contribution >= 0.6 is 0 Å². The number of aliphatic hydroxyl groups is 1. The Morgan fingerprint density at radius 1 is 1.10 bits per heavy atom. The van der Waals surface area contributed by atoms with Gasteiger partial charge in [-0.15, -0.1) is 0 Å². The van der Waals surface area contributed by atoms with Crippen molar-refractivity contribution >= 4 is 10.9 Å². The number of likely N-dealkylation sites (tertiary alicyclic amines) is 1. The van der Waals surface area contributed by atoms with Crippen molar-refractivity contribution < 1.29 is 31.4 Å². The van der Waals surface area contributed by atoms with Crippen molar-refractivity contribution in [1.29, 1.82) is 0 Å². The number of aliphatic hydroxyl groups excluding tert-OH is 1. The number of rotatable bonds is 4. The third-order valence-electron chi connectivity index (χ3n) is 5.30. The van der Waals surface area contributed by atoms with Crippen LogP contribution in [-0.2, 0) is 12.4 Å². The maximum absolute atomic E-state index is 13.3. The second kappa shape index (κ2) is 8.08. The molecule has 2 heterocycles. The van der Waals surface area contributed by atoms with E-state index in [1.165, 1.54) is 6.07 Å². The molecule has 1 aliphatic rings. The molecule has 0 radical (unpaired) electrons. The summed E-state index contributed by atoms with van der Waals surface area (Å²) in [5.41, 5.74) is 1.88. The standard InChI is InChI=1S/C19H21F6N3O/c20-18(21,22)14-3-1-2-12-13(8-16(19(23,24)25)27-17(12)14)15(29)10-28-6-4-11(9-26)5-7-28/h1-3,8,11,15,29H,4-7,9-10,26H2. The molecule has 0 amide bonds. The van der Waals surface area contributed by atoms with Gasteiger partial charge in [0.1, 0.15) is 5.69 Å². The van der Waals surface area contributed by atoms with Gasteiger partial charge < -0.3 is 15.7 Å². The van der Waals surface area contributed by atoms with Gasteiger partial charge >= 0.3 is 12.4 Å². The lowest BCUT2D eigenvalue weighted by molar-refractivity contribution is -0.142. The van der Waals surface area contributed by atoms with Gasteiger partial charge in [-0.25, -0.2) is 4.98 Å². The highest BCUT2D eigenvalue weighted by Gasteiger charge is 2.38. The largest absolute Gasteiger partial charge is 0.433 e. The molecular weight excluding hydrogens is 400 g/mol. The summed E-state index contributed by atoms with van der Waals surface area (Å²) in [6.07, 6.45) is -9.61. The summed E-state index contributed by atoms with van der Waals surface area (Å²) in [6, 6.07) is 3.67. The van der Waals surface area contributed by atoms with Gasteiger partial charge in [0.05, 0.1) is 17.2 Å². The van der Waals surface area contributed by atoms with Gasteiger partial charge in [-0.2, -0.15) is 26.3 Å². The van der Waals surface area contributed by atoms with Crippen LogP contribution in [0.2, 0.25) is 0 Å². The number of halogens is 6. The Hall–Kier alpha value is -1.91. The van der Waals surface area contributed by atoms with Crippen molar-refractivity contribution in [2.24, 2.45) is 11.7 Å². The summed E-state index contributed by atoms with van der Waals surface area (Å²) < 4.78 is 79.8. The van der Waals surface area contributed by atoms with Gasteiger partial charge in [-0.05, 0) is 56.1 Å². The lowest BCUT2D eigenvalue weighted by Crippen LogP contribution is -2.38. The number of hydrogen-bond acceptors (Lipinski definition) is 4. The molecule has 4 nitrogen and oxygen atoms in total. The molecule has 3 rings (SSSR count). The molecular formula is C19H21F6N3O. The number of β-amino-alcohol motifs (C(OH)–C–C–N with tert-alkyl or cyclic N) is 1. The van der Waals surface area contributed by atoms with E-state index in [9.17, 15) is 31.4 Å². The Kier molecular flexibility index (Phi) is 6.07. The number of alkyl halides is 6. The summed E-state index contributed by atoms with van der Waals surface area (Å²) in [5.74, 6) is 0.358. The van der Waals surface area contributed by atoms with Crippen molar-refractivity contribution in [2.45, 2.75) is 31.3 Å². The zero-order valence-corrected chi connectivity index (χ0v) is 15.4. The molecule has 3 N–H and O–H groups in total. The molecule has 160 valence electrons. The van der Waals surface area contributed by atoms with Crippen LogP contribution < -0.4 is 5.73 Å². The third-order valence-corrected chi connectivity index (χ3v) is 5.30. The second-order valence-corrected chi connectivity index (χ2v) is 7.29. The average Bonchev–Trinajstić information content (AvgIpc) is 2.65. The molecule has 0 saturated carbocycles. The molecule has 0 aliphatic carbocycles. The fraction of sp³-hybridized carbons (Fsp3) is 0.526. The molecule has 29 heavy (non-hydrogen) atoms. The average molecular weight is 421 g/mol. The molecule has 1 aromatic carbocycles. The number of piperidine rings is 1. The maximum atomic E-state index is 13.3. The molecule has 0 spiro atoms. The predicted octanol–water partition coefficient (Wildman–Crippen LogP) is 3.98. The number of benzene rings is 1. The minimum Gasteiger partial charge on any atom is -0.387 e. The zero-order valence-electron chi connectivity index (χ0n) is 15.4. The van der Waals surface area contributed by atoms with Gasteiger partial charge in [-0.1, -0.05) is 12.1 Å². The third kappa shape index (κ3) is 4.81. The molecule has 2 aromatic rings. The highest BCUT2D eigenvalue weighted by molar-refractivity contribution is 5.86. The first-order chi connectivity index (χ1) is 13.5. The van der Waals surface area contributed by atoms with E-state index in [1.807, 2.05) is 4.90 Å². The molecule has 1 atom stereocenters. The first-order valence-electron chi connectivity index (χ1n) is 9.19. The summed E-state index contributed by atoms with van der Waals surface area (Å²) >= 11 is 0. The Balaban J connectivity index is 2.02. The fourth-order valence-electron chi connectivity index (χ4n) is 3.67. The van der Waals surface area contributed by atoms with E-state index in [4.69, 9.17) is 5.73 Å². The lowest BCUT2D eigenvalue weighted by Gasteiger charge is -2.33. The molecule has 1 fully saturated rings. The van der Waals surface area contributed by atoms with E-state index >= 15 is 0 Å². The van der Waals surface area contributed by atoms with E-state index in [-0.39, 0.29) is 17.5 Å². The van der Waals surface area contributed by atoms with Crippen LogP contribution in [0.4, 0.5) is 26.3 Å². The van der Waals surface area contributed by atoms with Crippen molar-refractivity contribution in [2.75, 3.05) is 26.2 Å². The van der Waals surface area contributed by atoms with Crippen LogP contribution in [0.15, 0.2) is 24.3 Å². The summed E-state index contributed by atoms with van der Waals surface area (Å²) in [7, 11) is 0. The SMILES string of the molecule is NCC1CCN(CC(O)c2cc(C(F)(F)F)nc3c(C(F)(F)F)cccc23)CC1. The van der Waals surface area contributed by atoms with Crippen LogP contribution in [0.1, 0.15) is 35.8 Å². The summed E-state index contributed by atoms with van der Waals surface area (Å²) in [5, 5.41) is 10.5. The lowest BCUT2D eigenvalue weighted by atomic mass is 9.95. The Morgan fingerprint density at radius 3 is 2.31 bits per heavy atom. The molecule has 1 aliphatic heterocycles. The number of pyridine rings is 1. The van der Waals surface area contributed by atoms with E-state index in [2.05, 4.69) is 4.98 Å². The zero-order chi connectivity index (χ0) is 21.4. The summed E-state index contributed by atoms with van der Waals surface area (Å²) in [4.78, 5) is 5.12. The number of hydrogen-bond donors (Lipinski definition) is 2. The highest BCUT2D eigenvalue weighted by Crippen LogP contribution is 2.39. The monoisotopic (exact) mass is 421 g/mol. The number of nitrogens with zero attached hydrogens (tertiary/aromatic N) is 2. The second-order valence-electron chi connectivity index (χ2n) is 7.29. The number of para-hydroxylation sites is 1. The summed E-state index contributed by atoms with van der Waals surface area (Å²) in [6.45, 7) is 1.79. The highest BCUT2D eigenvalue weighted by atomic mass is 19.4. The fourth-order valence-corrected chi connectivity index (χ4v) is 3.67. The van der Waals surface area contributed by atoms with Crippen LogP contribution in [0, 0.1) is 5.92 Å². The van der Waals surface area contributed by atoms with Gasteiger partial charge in [0, 0.05) is 11.9 Å². The van der Waals surface area contributed by atoms with Gasteiger partial charge in [0.2, 0.25) is 0 Å². The Labute approximate surface area is 163 Å². The Bertz CT molecular complexity index is 859. The number of nitrogens with two attached hydrogens (primary N) is 1. The molecule has 0 bridgehead atoms. The molecule has 1 unspecified atom stereocenters. The first-order valence-corrected chi connectivity index (χ1v) is 9.19. The van der Waals surface area contributed by atoms with E-state index in [1.54, 1.807) is 0 Å². The van der Waals surface area contributed by atoms with Crippen molar-refractivity contribution in [3.05, 3.63) is 41.1 Å². The van der Waals surface area contributed by atoms with Gasteiger partial charge in [0.15, 0.2) is 0 Å². The Morgan fingerprint density at radius 2 is 1.76 bits per heavy atom. The van der Waals surface area contributed by atoms with Crippen LogP contribution in [-0.4, -0.2) is 41.2 Å².